The monoisotopic (exact) mass is 299 g/mol. The molecule has 0 saturated heterocycles. The van der Waals surface area contributed by atoms with Crippen molar-refractivity contribution in [2.24, 2.45) is 0 Å². The lowest BCUT2D eigenvalue weighted by atomic mass is 10.2. The SMILES string of the molecule is CC(C)(C)OC(=O)CCNCS(=O)(=O)c1ccccc1. The van der Waals surface area contributed by atoms with Gasteiger partial charge in [-0.1, -0.05) is 18.2 Å². The molecule has 0 bridgehead atoms. The van der Waals surface area contributed by atoms with Gasteiger partial charge in [-0.25, -0.2) is 8.42 Å². The quantitative estimate of drug-likeness (QED) is 0.640. The lowest BCUT2D eigenvalue weighted by Crippen LogP contribution is -2.29. The van der Waals surface area contributed by atoms with Crippen LogP contribution in [-0.2, 0) is 19.4 Å². The number of nitrogens with one attached hydrogen (secondary N) is 1. The van der Waals surface area contributed by atoms with Gasteiger partial charge in [0.05, 0.1) is 11.3 Å². The van der Waals surface area contributed by atoms with Crippen LogP contribution < -0.4 is 5.32 Å². The average molecular weight is 299 g/mol. The molecule has 112 valence electrons. The summed E-state index contributed by atoms with van der Waals surface area (Å²) in [6, 6.07) is 8.20. The summed E-state index contributed by atoms with van der Waals surface area (Å²) in [5.41, 5.74) is -0.521. The van der Waals surface area contributed by atoms with Crippen LogP contribution in [0.5, 0.6) is 0 Å². The molecule has 0 radical (unpaired) electrons. The largest absolute Gasteiger partial charge is 0.460 e. The molecule has 0 aliphatic carbocycles. The predicted octanol–water partition coefficient (Wildman–Crippen LogP) is 1.74. The van der Waals surface area contributed by atoms with E-state index < -0.39 is 15.4 Å². The summed E-state index contributed by atoms with van der Waals surface area (Å²) in [4.78, 5) is 11.7. The topological polar surface area (TPSA) is 72.5 Å². The molecule has 0 heterocycles. The van der Waals surface area contributed by atoms with E-state index in [0.29, 0.717) is 0 Å². The maximum absolute atomic E-state index is 11.9. The predicted molar refractivity (Wildman–Crippen MR) is 77.0 cm³/mol. The maximum atomic E-state index is 11.9. The van der Waals surface area contributed by atoms with Gasteiger partial charge in [0, 0.05) is 6.54 Å². The van der Waals surface area contributed by atoms with E-state index in [1.54, 1.807) is 51.1 Å². The zero-order valence-corrected chi connectivity index (χ0v) is 12.9. The van der Waals surface area contributed by atoms with Crippen molar-refractivity contribution in [3.8, 4) is 0 Å². The van der Waals surface area contributed by atoms with Gasteiger partial charge in [-0.15, -0.1) is 0 Å². The van der Waals surface area contributed by atoms with E-state index in [0.717, 1.165) is 0 Å². The van der Waals surface area contributed by atoms with Crippen molar-refractivity contribution in [3.05, 3.63) is 30.3 Å². The van der Waals surface area contributed by atoms with Gasteiger partial charge in [0.2, 0.25) is 0 Å². The number of carbonyl (C=O) groups is 1. The van der Waals surface area contributed by atoms with Gasteiger partial charge in [0.1, 0.15) is 11.5 Å². The maximum Gasteiger partial charge on any atom is 0.307 e. The highest BCUT2D eigenvalue weighted by Crippen LogP contribution is 2.09. The molecule has 0 atom stereocenters. The van der Waals surface area contributed by atoms with Gasteiger partial charge in [-0.3, -0.25) is 4.79 Å². The van der Waals surface area contributed by atoms with Crippen LogP contribution in [0, 0.1) is 0 Å². The molecule has 0 aliphatic heterocycles. The molecule has 6 heteroatoms. The van der Waals surface area contributed by atoms with Gasteiger partial charge in [-0.05, 0) is 32.9 Å². The van der Waals surface area contributed by atoms with Crippen LogP contribution in [0.25, 0.3) is 0 Å². The van der Waals surface area contributed by atoms with Gasteiger partial charge in [0.15, 0.2) is 9.84 Å². The van der Waals surface area contributed by atoms with Gasteiger partial charge >= 0.3 is 5.97 Å². The Morgan fingerprint density at radius 2 is 1.80 bits per heavy atom. The highest BCUT2D eigenvalue weighted by molar-refractivity contribution is 7.91. The van der Waals surface area contributed by atoms with Crippen LogP contribution in [0.3, 0.4) is 0 Å². The summed E-state index contributed by atoms with van der Waals surface area (Å²) in [7, 11) is -3.36. The molecule has 20 heavy (non-hydrogen) atoms. The zero-order chi connectivity index (χ0) is 15.2. The lowest BCUT2D eigenvalue weighted by molar-refractivity contribution is -0.154. The number of rotatable bonds is 6. The van der Waals surface area contributed by atoms with E-state index in [4.69, 9.17) is 4.74 Å². The molecule has 1 aromatic carbocycles. The summed E-state index contributed by atoms with van der Waals surface area (Å²) in [5, 5.41) is 2.75. The minimum atomic E-state index is -3.36. The number of esters is 1. The second-order valence-electron chi connectivity index (χ2n) is 5.41. The van der Waals surface area contributed by atoms with Gasteiger partial charge in [-0.2, -0.15) is 0 Å². The minimum absolute atomic E-state index is 0.140. The van der Waals surface area contributed by atoms with Crippen LogP contribution in [0.4, 0.5) is 0 Å². The Labute approximate surface area is 120 Å². The van der Waals surface area contributed by atoms with Crippen molar-refractivity contribution in [2.75, 3.05) is 12.4 Å². The summed E-state index contributed by atoms with van der Waals surface area (Å²) in [6.07, 6.45) is 0.140. The first-order valence-electron chi connectivity index (χ1n) is 6.41. The van der Waals surface area contributed by atoms with E-state index in [1.165, 1.54) is 0 Å². The molecule has 0 fully saturated rings. The average Bonchev–Trinajstić information content (AvgIpc) is 2.34. The third-order valence-corrected chi connectivity index (χ3v) is 3.89. The Balaban J connectivity index is 2.37. The fraction of sp³-hybridized carbons (Fsp3) is 0.500. The van der Waals surface area contributed by atoms with Gasteiger partial charge in [0.25, 0.3) is 0 Å². The molecule has 0 amide bonds. The molecule has 1 rings (SSSR count). The van der Waals surface area contributed by atoms with Crippen LogP contribution in [-0.4, -0.2) is 32.4 Å². The first-order chi connectivity index (χ1) is 9.21. The van der Waals surface area contributed by atoms with Crippen LogP contribution in [0.1, 0.15) is 27.2 Å². The van der Waals surface area contributed by atoms with E-state index >= 15 is 0 Å². The third-order valence-electron chi connectivity index (χ3n) is 2.32. The smallest absolute Gasteiger partial charge is 0.307 e. The normalized spacial score (nSPS) is 12.2. The van der Waals surface area contributed by atoms with E-state index in [2.05, 4.69) is 5.32 Å². The molecule has 0 aliphatic rings. The zero-order valence-electron chi connectivity index (χ0n) is 12.0. The molecule has 0 aromatic heterocycles. The van der Waals surface area contributed by atoms with Crippen molar-refractivity contribution >= 4 is 15.8 Å². The van der Waals surface area contributed by atoms with E-state index in [9.17, 15) is 13.2 Å². The molecule has 1 aromatic rings. The third kappa shape index (κ3) is 6.16. The first kappa shape index (κ1) is 16.7. The second-order valence-corrected chi connectivity index (χ2v) is 7.40. The van der Waals surface area contributed by atoms with Crippen molar-refractivity contribution < 1.29 is 17.9 Å². The number of carbonyl (C=O) groups excluding carboxylic acids is 1. The van der Waals surface area contributed by atoms with Crippen LogP contribution in [0.15, 0.2) is 35.2 Å². The highest BCUT2D eigenvalue weighted by atomic mass is 32.2. The van der Waals surface area contributed by atoms with Crippen LogP contribution in [0.2, 0.25) is 0 Å². The molecule has 0 spiro atoms. The molecule has 1 N–H and O–H groups in total. The van der Waals surface area contributed by atoms with Crippen molar-refractivity contribution in [3.63, 3.8) is 0 Å². The molecule has 0 saturated carbocycles. The fourth-order valence-corrected chi connectivity index (χ4v) is 2.65. The number of benzene rings is 1. The van der Waals surface area contributed by atoms with Crippen molar-refractivity contribution in [1.29, 1.82) is 0 Å². The molecular weight excluding hydrogens is 278 g/mol. The van der Waals surface area contributed by atoms with Crippen LogP contribution >= 0.6 is 0 Å². The minimum Gasteiger partial charge on any atom is -0.460 e. The fourth-order valence-electron chi connectivity index (χ4n) is 1.50. The van der Waals surface area contributed by atoms with E-state index in [-0.39, 0.29) is 29.7 Å². The second kappa shape index (κ2) is 6.85. The summed E-state index contributed by atoms with van der Waals surface area (Å²) >= 11 is 0. The Morgan fingerprint density at radius 3 is 2.35 bits per heavy atom. The molecule has 5 nitrogen and oxygen atoms in total. The number of hydrogen-bond donors (Lipinski definition) is 1. The summed E-state index contributed by atoms with van der Waals surface area (Å²) in [6.45, 7) is 5.63. The first-order valence-corrected chi connectivity index (χ1v) is 8.06. The number of ether oxygens (including phenoxy) is 1. The summed E-state index contributed by atoms with van der Waals surface area (Å²) < 4.78 is 29.0. The molecule has 0 unspecified atom stereocenters. The number of hydrogen-bond acceptors (Lipinski definition) is 5. The van der Waals surface area contributed by atoms with Gasteiger partial charge < -0.3 is 10.1 Å². The van der Waals surface area contributed by atoms with E-state index in [1.807, 2.05) is 0 Å². The Bertz CT molecular complexity index is 532. The van der Waals surface area contributed by atoms with Crippen molar-refractivity contribution in [1.82, 2.24) is 5.32 Å². The highest BCUT2D eigenvalue weighted by Gasteiger charge is 2.17. The van der Waals surface area contributed by atoms with Crippen molar-refractivity contribution in [2.45, 2.75) is 37.7 Å². The summed E-state index contributed by atoms with van der Waals surface area (Å²) in [5.74, 6) is -0.540. The Kier molecular flexibility index (Phi) is 5.71. The Hall–Kier alpha value is -1.40. The standard InChI is InChI=1S/C14H21NO4S/c1-14(2,3)19-13(16)9-10-15-11-20(17,18)12-7-5-4-6-8-12/h4-8,15H,9-11H2,1-3H3. The molecular formula is C14H21NO4S. The Morgan fingerprint density at radius 1 is 1.20 bits per heavy atom. The lowest BCUT2D eigenvalue weighted by Gasteiger charge is -2.19. The number of sulfone groups is 1.